The van der Waals surface area contributed by atoms with E-state index >= 15 is 0 Å². The van der Waals surface area contributed by atoms with Crippen LogP contribution in [0.25, 0.3) is 10.8 Å². The molecule has 0 fully saturated rings. The molecule has 0 bridgehead atoms. The average molecular weight is 368 g/mol. The molecule has 134 valence electrons. The van der Waals surface area contributed by atoms with Gasteiger partial charge in [0.1, 0.15) is 0 Å². The van der Waals surface area contributed by atoms with Crippen molar-refractivity contribution in [2.24, 2.45) is 0 Å². The van der Waals surface area contributed by atoms with Crippen molar-refractivity contribution in [2.75, 3.05) is 19.7 Å². The van der Waals surface area contributed by atoms with Crippen LogP contribution in [-0.2, 0) is 6.54 Å². The topological polar surface area (TPSA) is 40.5 Å². The summed E-state index contributed by atoms with van der Waals surface area (Å²) < 4.78 is 0. The molecule has 0 aromatic heterocycles. The minimum atomic E-state index is 0.0789. The molecule has 0 saturated carbocycles. The van der Waals surface area contributed by atoms with Crippen LogP contribution >= 0.6 is 11.6 Å². The molecule has 0 spiro atoms. The van der Waals surface area contributed by atoms with E-state index in [-0.39, 0.29) is 12.4 Å². The summed E-state index contributed by atoms with van der Waals surface area (Å²) >= 11 is 6.19. The van der Waals surface area contributed by atoms with Gasteiger partial charge in [-0.25, -0.2) is 0 Å². The van der Waals surface area contributed by atoms with E-state index in [4.69, 9.17) is 11.6 Å². The number of carbonyl (C=O) groups excluding carboxylic acids is 1. The number of ketones is 1. The number of carbonyl (C=O) groups is 1. The molecular formula is C22H22ClNO2. The van der Waals surface area contributed by atoms with Crippen LogP contribution in [0.15, 0.2) is 66.7 Å². The summed E-state index contributed by atoms with van der Waals surface area (Å²) in [7, 11) is 0. The van der Waals surface area contributed by atoms with Crippen molar-refractivity contribution in [1.29, 1.82) is 0 Å². The highest BCUT2D eigenvalue weighted by atomic mass is 35.5. The van der Waals surface area contributed by atoms with Gasteiger partial charge in [-0.2, -0.15) is 0 Å². The molecule has 3 rings (SSSR count). The van der Waals surface area contributed by atoms with Crippen LogP contribution in [0.2, 0.25) is 5.02 Å². The smallest absolute Gasteiger partial charge is 0.164 e. The number of hydrogen-bond donors (Lipinski definition) is 1. The van der Waals surface area contributed by atoms with Gasteiger partial charge in [0.05, 0.1) is 6.61 Å². The van der Waals surface area contributed by atoms with E-state index in [1.165, 1.54) is 5.56 Å². The predicted molar refractivity (Wildman–Crippen MR) is 107 cm³/mol. The zero-order chi connectivity index (χ0) is 18.4. The van der Waals surface area contributed by atoms with Crippen molar-refractivity contribution in [2.45, 2.75) is 13.0 Å². The molecule has 3 aromatic rings. The number of rotatable bonds is 8. The van der Waals surface area contributed by atoms with E-state index in [0.29, 0.717) is 30.1 Å². The maximum absolute atomic E-state index is 12.6. The van der Waals surface area contributed by atoms with Crippen LogP contribution in [0.4, 0.5) is 0 Å². The summed E-state index contributed by atoms with van der Waals surface area (Å²) in [6.07, 6.45) is 0.416. The van der Waals surface area contributed by atoms with Crippen molar-refractivity contribution >= 4 is 28.2 Å². The number of aliphatic hydroxyl groups excluding tert-OH is 1. The Labute approximate surface area is 158 Å². The number of nitrogens with zero attached hydrogens (tertiary/aromatic N) is 1. The molecule has 3 nitrogen and oxygen atoms in total. The van der Waals surface area contributed by atoms with Crippen LogP contribution < -0.4 is 0 Å². The van der Waals surface area contributed by atoms with Gasteiger partial charge in [-0.15, -0.1) is 0 Å². The highest BCUT2D eigenvalue weighted by Gasteiger charge is 2.11. The zero-order valence-electron chi connectivity index (χ0n) is 14.6. The number of aliphatic hydroxyl groups is 1. The van der Waals surface area contributed by atoms with Crippen molar-refractivity contribution < 1.29 is 9.90 Å². The van der Waals surface area contributed by atoms with Gasteiger partial charge in [0.25, 0.3) is 0 Å². The van der Waals surface area contributed by atoms with Crippen molar-refractivity contribution in [3.63, 3.8) is 0 Å². The maximum Gasteiger partial charge on any atom is 0.164 e. The first kappa shape index (κ1) is 18.6. The Morgan fingerprint density at radius 3 is 2.54 bits per heavy atom. The number of Topliss-reactive ketones (excluding diaryl/α,β-unsaturated/α-hetero) is 1. The summed E-state index contributed by atoms with van der Waals surface area (Å²) in [5.41, 5.74) is 1.87. The Morgan fingerprint density at radius 2 is 1.77 bits per heavy atom. The molecule has 3 aromatic carbocycles. The molecule has 0 atom stereocenters. The van der Waals surface area contributed by atoms with E-state index in [9.17, 15) is 9.90 Å². The van der Waals surface area contributed by atoms with Gasteiger partial charge in [-0.1, -0.05) is 66.2 Å². The predicted octanol–water partition coefficient (Wildman–Crippen LogP) is 4.56. The molecule has 26 heavy (non-hydrogen) atoms. The van der Waals surface area contributed by atoms with Crippen molar-refractivity contribution in [3.8, 4) is 0 Å². The Balaban J connectivity index is 1.66. The molecule has 0 aliphatic heterocycles. The van der Waals surface area contributed by atoms with Crippen LogP contribution in [0.5, 0.6) is 0 Å². The highest BCUT2D eigenvalue weighted by molar-refractivity contribution is 6.35. The lowest BCUT2D eigenvalue weighted by molar-refractivity contribution is 0.0954. The van der Waals surface area contributed by atoms with E-state index in [1.54, 1.807) is 0 Å². The van der Waals surface area contributed by atoms with Gasteiger partial charge in [-0.05, 0) is 23.1 Å². The second kappa shape index (κ2) is 8.95. The SMILES string of the molecule is O=C(CCN(CCO)Cc1ccccc1)c1ccc2c(Cl)cccc2c1. The lowest BCUT2D eigenvalue weighted by atomic mass is 10.0. The van der Waals surface area contributed by atoms with E-state index in [1.807, 2.05) is 54.6 Å². The lowest BCUT2D eigenvalue weighted by Crippen LogP contribution is -2.29. The van der Waals surface area contributed by atoms with Crippen LogP contribution in [0, 0.1) is 0 Å². The minimum absolute atomic E-state index is 0.0789. The second-order valence-electron chi connectivity index (χ2n) is 6.33. The Bertz CT molecular complexity index is 880. The van der Waals surface area contributed by atoms with E-state index in [2.05, 4.69) is 17.0 Å². The molecule has 0 saturated heterocycles. The Morgan fingerprint density at radius 1 is 0.962 bits per heavy atom. The van der Waals surface area contributed by atoms with Gasteiger partial charge in [0, 0.05) is 42.0 Å². The monoisotopic (exact) mass is 367 g/mol. The number of fused-ring (bicyclic) bond motifs is 1. The van der Waals surface area contributed by atoms with Gasteiger partial charge in [0.2, 0.25) is 0 Å². The summed E-state index contributed by atoms with van der Waals surface area (Å²) in [5.74, 6) is 0.0999. The Kier molecular flexibility index (Phi) is 6.40. The summed E-state index contributed by atoms with van der Waals surface area (Å²) in [5, 5.41) is 11.9. The average Bonchev–Trinajstić information content (AvgIpc) is 2.67. The first-order valence-electron chi connectivity index (χ1n) is 8.76. The second-order valence-corrected chi connectivity index (χ2v) is 6.74. The third-order valence-electron chi connectivity index (χ3n) is 4.47. The number of benzene rings is 3. The van der Waals surface area contributed by atoms with Crippen LogP contribution in [-0.4, -0.2) is 35.5 Å². The van der Waals surface area contributed by atoms with Gasteiger partial charge in [0.15, 0.2) is 5.78 Å². The number of hydrogen-bond acceptors (Lipinski definition) is 3. The molecule has 1 N–H and O–H groups in total. The molecule has 0 heterocycles. The first-order chi connectivity index (χ1) is 12.7. The molecule has 0 radical (unpaired) electrons. The molecule has 0 amide bonds. The molecular weight excluding hydrogens is 346 g/mol. The largest absolute Gasteiger partial charge is 0.395 e. The van der Waals surface area contributed by atoms with Gasteiger partial charge in [-0.3, -0.25) is 9.69 Å². The first-order valence-corrected chi connectivity index (χ1v) is 9.14. The third kappa shape index (κ3) is 4.70. The standard InChI is InChI=1S/C22H22ClNO2/c23-21-8-4-7-18-15-19(9-10-20(18)21)22(26)11-12-24(13-14-25)16-17-5-2-1-3-6-17/h1-10,15,25H,11-14,16H2. The fraction of sp³-hybridized carbons (Fsp3) is 0.227. The fourth-order valence-electron chi connectivity index (χ4n) is 3.07. The minimum Gasteiger partial charge on any atom is -0.395 e. The molecule has 0 aliphatic carbocycles. The third-order valence-corrected chi connectivity index (χ3v) is 4.80. The van der Waals surface area contributed by atoms with Gasteiger partial charge < -0.3 is 5.11 Å². The quantitative estimate of drug-likeness (QED) is 0.593. The summed E-state index contributed by atoms with van der Waals surface area (Å²) in [6, 6.07) is 21.4. The van der Waals surface area contributed by atoms with Crippen molar-refractivity contribution in [1.82, 2.24) is 4.90 Å². The normalized spacial score (nSPS) is 11.2. The zero-order valence-corrected chi connectivity index (χ0v) is 15.3. The van der Waals surface area contributed by atoms with E-state index in [0.717, 1.165) is 17.3 Å². The molecule has 0 aliphatic rings. The fourth-order valence-corrected chi connectivity index (χ4v) is 3.32. The van der Waals surface area contributed by atoms with E-state index < -0.39 is 0 Å². The lowest BCUT2D eigenvalue weighted by Gasteiger charge is -2.21. The van der Waals surface area contributed by atoms with Crippen LogP contribution in [0.1, 0.15) is 22.3 Å². The van der Waals surface area contributed by atoms with Crippen molar-refractivity contribution in [3.05, 3.63) is 82.9 Å². The molecule has 4 heteroatoms. The number of halogens is 1. The highest BCUT2D eigenvalue weighted by Crippen LogP contribution is 2.24. The Hall–Kier alpha value is -2.20. The summed E-state index contributed by atoms with van der Waals surface area (Å²) in [4.78, 5) is 14.7. The maximum atomic E-state index is 12.6. The molecule has 0 unspecified atom stereocenters. The van der Waals surface area contributed by atoms with Gasteiger partial charge >= 0.3 is 0 Å². The van der Waals surface area contributed by atoms with Crippen LogP contribution in [0.3, 0.4) is 0 Å². The summed E-state index contributed by atoms with van der Waals surface area (Å²) in [6.45, 7) is 1.97.